The topological polar surface area (TPSA) is 75.7 Å². The fourth-order valence-electron chi connectivity index (χ4n) is 3.79. The molecule has 1 unspecified atom stereocenters. The largest absolute Gasteiger partial charge is 0.457 e. The molecule has 6 nitrogen and oxygen atoms in total. The predicted octanol–water partition coefficient (Wildman–Crippen LogP) is 5.94. The molecular formula is C28H26N2O4S. The number of para-hydroxylation sites is 2. The molecule has 0 aliphatic heterocycles. The molecule has 4 aromatic rings. The van der Waals surface area contributed by atoms with Gasteiger partial charge in [-0.15, -0.1) is 0 Å². The predicted molar refractivity (Wildman–Crippen MR) is 140 cm³/mol. The summed E-state index contributed by atoms with van der Waals surface area (Å²) in [6, 6.07) is 32.0. The molecule has 0 heterocycles. The number of anilines is 2. The van der Waals surface area contributed by atoms with Crippen molar-refractivity contribution in [1.29, 1.82) is 0 Å². The highest BCUT2D eigenvalue weighted by Gasteiger charge is 2.29. The Morgan fingerprint density at radius 3 is 1.94 bits per heavy atom. The van der Waals surface area contributed by atoms with Gasteiger partial charge in [-0.05, 0) is 55.0 Å². The van der Waals surface area contributed by atoms with Crippen molar-refractivity contribution in [3.8, 4) is 22.6 Å². The average Bonchev–Trinajstić information content (AvgIpc) is 2.86. The van der Waals surface area contributed by atoms with Crippen LogP contribution in [-0.2, 0) is 14.8 Å². The molecule has 0 saturated carbocycles. The van der Waals surface area contributed by atoms with Crippen LogP contribution < -0.4 is 14.4 Å². The summed E-state index contributed by atoms with van der Waals surface area (Å²) in [6.07, 6.45) is 1.09. The lowest BCUT2D eigenvalue weighted by Crippen LogP contribution is -2.45. The molecule has 1 N–H and O–H groups in total. The first-order chi connectivity index (χ1) is 16.8. The zero-order valence-corrected chi connectivity index (χ0v) is 20.3. The van der Waals surface area contributed by atoms with Gasteiger partial charge in [0.15, 0.2) is 0 Å². The normalized spacial score (nSPS) is 11.9. The Labute approximate surface area is 205 Å². The van der Waals surface area contributed by atoms with Crippen LogP contribution in [0.5, 0.6) is 11.5 Å². The van der Waals surface area contributed by atoms with Crippen LogP contribution in [0.4, 0.5) is 11.4 Å². The van der Waals surface area contributed by atoms with Gasteiger partial charge >= 0.3 is 0 Å². The van der Waals surface area contributed by atoms with Crippen molar-refractivity contribution in [2.75, 3.05) is 15.9 Å². The second-order valence-corrected chi connectivity index (χ2v) is 9.90. The molecule has 0 fully saturated rings. The summed E-state index contributed by atoms with van der Waals surface area (Å²) < 4.78 is 32.3. The van der Waals surface area contributed by atoms with E-state index in [9.17, 15) is 13.2 Å². The molecule has 0 bridgehead atoms. The maximum atomic E-state index is 13.2. The highest BCUT2D eigenvalue weighted by Crippen LogP contribution is 2.30. The smallest absolute Gasteiger partial charge is 0.248 e. The molecule has 1 atom stereocenters. The lowest BCUT2D eigenvalue weighted by molar-refractivity contribution is -0.116. The molecule has 0 aliphatic carbocycles. The van der Waals surface area contributed by atoms with Crippen LogP contribution >= 0.6 is 0 Å². The summed E-state index contributed by atoms with van der Waals surface area (Å²) in [5.41, 5.74) is 2.77. The minimum atomic E-state index is -3.76. The van der Waals surface area contributed by atoms with E-state index >= 15 is 0 Å². The van der Waals surface area contributed by atoms with Crippen LogP contribution in [0, 0.1) is 0 Å². The first-order valence-electron chi connectivity index (χ1n) is 11.1. The lowest BCUT2D eigenvalue weighted by Gasteiger charge is -2.28. The van der Waals surface area contributed by atoms with Crippen LogP contribution in [0.3, 0.4) is 0 Å². The standard InChI is InChI=1S/C28H26N2O4S/c1-21(28(31)29-27-16-10-9-15-26(27)22-11-5-3-6-12-22)30(35(2,32)33)23-17-19-25(20-18-23)34-24-13-7-4-8-14-24/h3-21H,1-2H3,(H,29,31). The molecule has 178 valence electrons. The molecule has 35 heavy (non-hydrogen) atoms. The Morgan fingerprint density at radius 2 is 1.31 bits per heavy atom. The Morgan fingerprint density at radius 1 is 0.771 bits per heavy atom. The summed E-state index contributed by atoms with van der Waals surface area (Å²) in [4.78, 5) is 13.2. The number of carbonyl (C=O) groups excluding carboxylic acids is 1. The van der Waals surface area contributed by atoms with Gasteiger partial charge in [0.2, 0.25) is 15.9 Å². The number of rotatable bonds is 8. The SMILES string of the molecule is CC(C(=O)Nc1ccccc1-c1ccccc1)N(c1ccc(Oc2ccccc2)cc1)S(C)(=O)=O. The van der Waals surface area contributed by atoms with Gasteiger partial charge in [0.1, 0.15) is 17.5 Å². The summed E-state index contributed by atoms with van der Waals surface area (Å²) in [5.74, 6) is 0.788. The molecule has 0 aliphatic rings. The van der Waals surface area contributed by atoms with Crippen molar-refractivity contribution in [3.63, 3.8) is 0 Å². The lowest BCUT2D eigenvalue weighted by atomic mass is 10.0. The molecule has 0 aromatic heterocycles. The van der Waals surface area contributed by atoms with Gasteiger partial charge in [-0.3, -0.25) is 9.10 Å². The van der Waals surface area contributed by atoms with Crippen molar-refractivity contribution in [2.24, 2.45) is 0 Å². The highest BCUT2D eigenvalue weighted by molar-refractivity contribution is 7.92. The molecule has 0 spiro atoms. The number of ether oxygens (including phenoxy) is 1. The van der Waals surface area contributed by atoms with Gasteiger partial charge in [0.05, 0.1) is 11.9 Å². The van der Waals surface area contributed by atoms with E-state index < -0.39 is 22.0 Å². The summed E-state index contributed by atoms with van der Waals surface area (Å²) in [5, 5.41) is 2.91. The van der Waals surface area contributed by atoms with Gasteiger partial charge in [-0.1, -0.05) is 66.7 Å². The van der Waals surface area contributed by atoms with E-state index in [0.29, 0.717) is 22.9 Å². The van der Waals surface area contributed by atoms with E-state index in [1.54, 1.807) is 37.3 Å². The van der Waals surface area contributed by atoms with Crippen molar-refractivity contribution < 1.29 is 17.9 Å². The van der Waals surface area contributed by atoms with Crippen molar-refractivity contribution in [2.45, 2.75) is 13.0 Å². The van der Waals surface area contributed by atoms with Crippen LogP contribution in [0.2, 0.25) is 0 Å². The number of benzene rings is 4. The monoisotopic (exact) mass is 486 g/mol. The van der Waals surface area contributed by atoms with Crippen LogP contribution in [-0.4, -0.2) is 26.6 Å². The Kier molecular flexibility index (Phi) is 7.17. The molecular weight excluding hydrogens is 460 g/mol. The third kappa shape index (κ3) is 5.88. The van der Waals surface area contributed by atoms with E-state index in [1.165, 1.54) is 0 Å². The number of hydrogen-bond donors (Lipinski definition) is 1. The van der Waals surface area contributed by atoms with Gasteiger partial charge in [-0.2, -0.15) is 0 Å². The number of hydrogen-bond acceptors (Lipinski definition) is 4. The second-order valence-electron chi connectivity index (χ2n) is 8.04. The molecule has 1 amide bonds. The van der Waals surface area contributed by atoms with Gasteiger partial charge in [0, 0.05) is 11.3 Å². The van der Waals surface area contributed by atoms with E-state index in [2.05, 4.69) is 5.32 Å². The van der Waals surface area contributed by atoms with Crippen molar-refractivity contribution in [1.82, 2.24) is 0 Å². The fourth-order valence-corrected chi connectivity index (χ4v) is 4.97. The zero-order chi connectivity index (χ0) is 24.8. The number of nitrogens with zero attached hydrogens (tertiary/aromatic N) is 1. The van der Waals surface area contributed by atoms with Crippen LogP contribution in [0.25, 0.3) is 11.1 Å². The van der Waals surface area contributed by atoms with Crippen molar-refractivity contribution in [3.05, 3.63) is 109 Å². The third-order valence-electron chi connectivity index (χ3n) is 5.43. The number of carbonyl (C=O) groups is 1. The van der Waals surface area contributed by atoms with Gasteiger partial charge < -0.3 is 10.1 Å². The maximum absolute atomic E-state index is 13.2. The summed E-state index contributed by atoms with van der Waals surface area (Å²) in [7, 11) is -3.76. The zero-order valence-electron chi connectivity index (χ0n) is 19.5. The Hall–Kier alpha value is -4.10. The Balaban J connectivity index is 1.56. The second kappa shape index (κ2) is 10.4. The summed E-state index contributed by atoms with van der Waals surface area (Å²) in [6.45, 7) is 1.57. The van der Waals surface area contributed by atoms with Crippen molar-refractivity contribution >= 4 is 27.3 Å². The number of sulfonamides is 1. The van der Waals surface area contributed by atoms with Gasteiger partial charge in [-0.25, -0.2) is 8.42 Å². The minimum Gasteiger partial charge on any atom is -0.457 e. The van der Waals surface area contributed by atoms with Gasteiger partial charge in [0.25, 0.3) is 0 Å². The molecule has 4 rings (SSSR count). The van der Waals surface area contributed by atoms with Crippen LogP contribution in [0.1, 0.15) is 6.92 Å². The molecule has 4 aromatic carbocycles. The molecule has 0 radical (unpaired) electrons. The number of nitrogens with one attached hydrogen (secondary N) is 1. The minimum absolute atomic E-state index is 0.368. The first kappa shape index (κ1) is 24.0. The van der Waals surface area contributed by atoms with E-state index in [1.807, 2.05) is 78.9 Å². The van der Waals surface area contributed by atoms with E-state index in [4.69, 9.17) is 4.74 Å². The fraction of sp³-hybridized carbons (Fsp3) is 0.107. The van der Waals surface area contributed by atoms with E-state index in [0.717, 1.165) is 21.7 Å². The average molecular weight is 487 g/mol. The third-order valence-corrected chi connectivity index (χ3v) is 6.67. The van der Waals surface area contributed by atoms with E-state index in [-0.39, 0.29) is 0 Å². The van der Waals surface area contributed by atoms with Crippen LogP contribution in [0.15, 0.2) is 109 Å². The molecule has 0 saturated heterocycles. The first-order valence-corrected chi connectivity index (χ1v) is 13.0. The quantitative estimate of drug-likeness (QED) is 0.334. The number of amides is 1. The molecule has 7 heteroatoms. The summed E-state index contributed by atoms with van der Waals surface area (Å²) >= 11 is 0. The maximum Gasteiger partial charge on any atom is 0.248 e. The highest BCUT2D eigenvalue weighted by atomic mass is 32.2. The Bertz CT molecular complexity index is 1390.